The van der Waals surface area contributed by atoms with Crippen molar-refractivity contribution in [2.24, 2.45) is 0 Å². The molecule has 0 spiro atoms. The number of nitro benzene ring substituents is 1. The first-order valence-electron chi connectivity index (χ1n) is 5.70. The monoisotopic (exact) mass is 268 g/mol. The van der Waals surface area contributed by atoms with Gasteiger partial charge in [0.25, 0.3) is 5.69 Å². The highest BCUT2D eigenvalue weighted by molar-refractivity contribution is 5.79. The molecule has 1 atom stereocenters. The van der Waals surface area contributed by atoms with Crippen molar-refractivity contribution in [3.8, 4) is 0 Å². The second-order valence-corrected chi connectivity index (χ2v) is 3.98. The second kappa shape index (κ2) is 7.45. The summed E-state index contributed by atoms with van der Waals surface area (Å²) in [6, 6.07) is 6.06. The van der Waals surface area contributed by atoms with Crippen LogP contribution in [0.2, 0.25) is 0 Å². The molecule has 7 heteroatoms. The number of carbonyl (C=O) groups is 1. The number of nitro groups is 1. The summed E-state index contributed by atoms with van der Waals surface area (Å²) in [5.74, 6) is -0.385. The van der Waals surface area contributed by atoms with Crippen LogP contribution in [0.15, 0.2) is 24.3 Å². The largest absolute Gasteiger partial charge is 0.389 e. The number of aliphatic hydroxyl groups excluding tert-OH is 1. The van der Waals surface area contributed by atoms with E-state index in [1.807, 2.05) is 0 Å². The van der Waals surface area contributed by atoms with E-state index in [1.165, 1.54) is 19.2 Å². The maximum Gasteiger partial charge on any atom is 0.273 e. The van der Waals surface area contributed by atoms with Crippen LogP contribution in [-0.4, -0.2) is 42.3 Å². The average molecular weight is 268 g/mol. The van der Waals surface area contributed by atoms with Crippen LogP contribution in [0.4, 0.5) is 5.69 Å². The van der Waals surface area contributed by atoms with Crippen LogP contribution in [0.1, 0.15) is 5.56 Å². The number of hydrogen-bond acceptors (Lipinski definition) is 5. The number of nitrogens with zero attached hydrogens (tertiary/aromatic N) is 1. The Labute approximate surface area is 110 Å². The average Bonchev–Trinajstić information content (AvgIpc) is 2.37. The zero-order valence-corrected chi connectivity index (χ0v) is 10.5. The van der Waals surface area contributed by atoms with Gasteiger partial charge in [0.05, 0.1) is 24.1 Å². The Kier molecular flexibility index (Phi) is 5.91. The van der Waals surface area contributed by atoms with E-state index in [1.54, 1.807) is 12.1 Å². The molecule has 1 unspecified atom stereocenters. The Morgan fingerprint density at radius 1 is 1.53 bits per heavy atom. The van der Waals surface area contributed by atoms with Crippen molar-refractivity contribution in [1.29, 1.82) is 0 Å². The first-order valence-corrected chi connectivity index (χ1v) is 5.70. The fraction of sp³-hybridized carbons (Fsp3) is 0.417. The summed E-state index contributed by atoms with van der Waals surface area (Å²) in [6.45, 7) is 0.166. The molecule has 0 heterocycles. The van der Waals surface area contributed by atoms with Gasteiger partial charge in [0.1, 0.15) is 0 Å². The van der Waals surface area contributed by atoms with Crippen LogP contribution in [-0.2, 0) is 16.0 Å². The van der Waals surface area contributed by atoms with Gasteiger partial charge in [-0.2, -0.15) is 0 Å². The third-order valence-electron chi connectivity index (χ3n) is 2.43. The second-order valence-electron chi connectivity index (χ2n) is 3.98. The molecule has 0 saturated carbocycles. The van der Waals surface area contributed by atoms with Crippen LogP contribution >= 0.6 is 0 Å². The molecule has 1 amide bonds. The summed E-state index contributed by atoms with van der Waals surface area (Å²) >= 11 is 0. The lowest BCUT2D eigenvalue weighted by molar-refractivity contribution is -0.385. The lowest BCUT2D eigenvalue weighted by Crippen LogP contribution is -2.35. The first-order chi connectivity index (χ1) is 9.04. The number of carbonyl (C=O) groups excluding carboxylic acids is 1. The van der Waals surface area contributed by atoms with Crippen molar-refractivity contribution in [3.05, 3.63) is 39.9 Å². The molecular weight excluding hydrogens is 252 g/mol. The van der Waals surface area contributed by atoms with Crippen molar-refractivity contribution >= 4 is 11.6 Å². The van der Waals surface area contributed by atoms with E-state index in [0.717, 1.165) is 0 Å². The van der Waals surface area contributed by atoms with Gasteiger partial charge in [-0.3, -0.25) is 14.9 Å². The van der Waals surface area contributed by atoms with Gasteiger partial charge in [-0.05, 0) is 0 Å². The normalized spacial score (nSPS) is 11.9. The minimum Gasteiger partial charge on any atom is -0.389 e. The molecule has 0 radical (unpaired) electrons. The van der Waals surface area contributed by atoms with Crippen molar-refractivity contribution in [2.75, 3.05) is 20.3 Å². The van der Waals surface area contributed by atoms with E-state index < -0.39 is 11.0 Å². The van der Waals surface area contributed by atoms with Crippen molar-refractivity contribution in [2.45, 2.75) is 12.5 Å². The number of para-hydroxylation sites is 1. The Bertz CT molecular complexity index is 450. The molecule has 0 aliphatic carbocycles. The van der Waals surface area contributed by atoms with Crippen molar-refractivity contribution in [3.63, 3.8) is 0 Å². The van der Waals surface area contributed by atoms with E-state index >= 15 is 0 Å². The number of rotatable bonds is 7. The summed E-state index contributed by atoms with van der Waals surface area (Å²) in [5, 5.41) is 22.6. The van der Waals surface area contributed by atoms with Crippen molar-refractivity contribution in [1.82, 2.24) is 5.32 Å². The Morgan fingerprint density at radius 3 is 2.84 bits per heavy atom. The zero-order valence-electron chi connectivity index (χ0n) is 10.5. The molecule has 1 aromatic carbocycles. The molecule has 0 bridgehead atoms. The quantitative estimate of drug-likeness (QED) is 0.545. The van der Waals surface area contributed by atoms with Gasteiger partial charge < -0.3 is 15.2 Å². The third-order valence-corrected chi connectivity index (χ3v) is 2.43. The van der Waals surface area contributed by atoms with E-state index in [4.69, 9.17) is 4.74 Å². The molecule has 0 saturated heterocycles. The van der Waals surface area contributed by atoms with Gasteiger partial charge in [0.2, 0.25) is 5.91 Å². The minimum absolute atomic E-state index is 0.0489. The fourth-order valence-electron chi connectivity index (χ4n) is 1.56. The highest BCUT2D eigenvalue weighted by Gasteiger charge is 2.15. The summed E-state index contributed by atoms with van der Waals surface area (Å²) in [7, 11) is 1.44. The Morgan fingerprint density at radius 2 is 2.21 bits per heavy atom. The number of benzene rings is 1. The van der Waals surface area contributed by atoms with Crippen LogP contribution in [0, 0.1) is 10.1 Å². The summed E-state index contributed by atoms with van der Waals surface area (Å²) in [4.78, 5) is 21.9. The lowest BCUT2D eigenvalue weighted by Gasteiger charge is -2.10. The standard InChI is InChI=1S/C12H16N2O5/c1-19-8-10(15)7-13-12(16)6-9-4-2-3-5-11(9)14(17)18/h2-5,10,15H,6-8H2,1H3,(H,13,16). The van der Waals surface area contributed by atoms with Crippen LogP contribution in [0.25, 0.3) is 0 Å². The summed E-state index contributed by atoms with van der Waals surface area (Å²) in [5.41, 5.74) is 0.251. The molecule has 0 aliphatic rings. The number of aliphatic hydroxyl groups is 1. The first kappa shape index (κ1) is 15.1. The van der Waals surface area contributed by atoms with E-state index in [9.17, 15) is 20.0 Å². The number of amides is 1. The number of nitrogens with one attached hydrogen (secondary N) is 1. The van der Waals surface area contributed by atoms with Crippen LogP contribution in [0.5, 0.6) is 0 Å². The minimum atomic E-state index is -0.792. The SMILES string of the molecule is COCC(O)CNC(=O)Cc1ccccc1[N+](=O)[O-]. The molecule has 7 nitrogen and oxygen atoms in total. The Balaban J connectivity index is 2.55. The molecule has 104 valence electrons. The predicted octanol–water partition coefficient (Wildman–Crippen LogP) is 0.261. The molecule has 19 heavy (non-hydrogen) atoms. The van der Waals surface area contributed by atoms with E-state index in [-0.39, 0.29) is 31.2 Å². The zero-order chi connectivity index (χ0) is 14.3. The molecule has 1 aromatic rings. The fourth-order valence-corrected chi connectivity index (χ4v) is 1.56. The smallest absolute Gasteiger partial charge is 0.273 e. The highest BCUT2D eigenvalue weighted by Crippen LogP contribution is 2.17. The van der Waals surface area contributed by atoms with Gasteiger partial charge in [-0.15, -0.1) is 0 Å². The predicted molar refractivity (Wildman–Crippen MR) is 67.7 cm³/mol. The van der Waals surface area contributed by atoms with Crippen LogP contribution < -0.4 is 5.32 Å². The van der Waals surface area contributed by atoms with E-state index in [0.29, 0.717) is 5.56 Å². The molecule has 2 N–H and O–H groups in total. The summed E-state index contributed by atoms with van der Waals surface area (Å²) in [6.07, 6.45) is -0.892. The molecule has 0 aliphatic heterocycles. The van der Waals surface area contributed by atoms with Gasteiger partial charge in [0, 0.05) is 25.3 Å². The van der Waals surface area contributed by atoms with Gasteiger partial charge in [-0.1, -0.05) is 18.2 Å². The van der Waals surface area contributed by atoms with Crippen LogP contribution in [0.3, 0.4) is 0 Å². The topological polar surface area (TPSA) is 102 Å². The third kappa shape index (κ3) is 5.02. The Hall–Kier alpha value is -1.99. The lowest BCUT2D eigenvalue weighted by atomic mass is 10.1. The highest BCUT2D eigenvalue weighted by atomic mass is 16.6. The maximum absolute atomic E-state index is 11.6. The van der Waals surface area contributed by atoms with Gasteiger partial charge in [-0.25, -0.2) is 0 Å². The molecule has 1 rings (SSSR count). The number of ether oxygens (including phenoxy) is 1. The number of methoxy groups -OCH3 is 1. The maximum atomic E-state index is 11.6. The van der Waals surface area contributed by atoms with E-state index in [2.05, 4.69) is 5.32 Å². The molecule has 0 aromatic heterocycles. The molecule has 0 fully saturated rings. The summed E-state index contributed by atoms with van der Waals surface area (Å²) < 4.78 is 4.71. The number of hydrogen-bond donors (Lipinski definition) is 2. The van der Waals surface area contributed by atoms with Gasteiger partial charge >= 0.3 is 0 Å². The molecular formula is C12H16N2O5. The van der Waals surface area contributed by atoms with Crippen molar-refractivity contribution < 1.29 is 19.6 Å². The van der Waals surface area contributed by atoms with Gasteiger partial charge in [0.15, 0.2) is 0 Å².